The number of hydrogen-bond acceptors (Lipinski definition) is 4. The molecule has 9 N–H and O–H groups in total. The van der Waals surface area contributed by atoms with Gasteiger partial charge in [0.05, 0.1) is 0 Å². The fourth-order valence-electron chi connectivity index (χ4n) is 4.56. The van der Waals surface area contributed by atoms with E-state index >= 15 is 0 Å². The van der Waals surface area contributed by atoms with Gasteiger partial charge in [0.15, 0.2) is 5.96 Å². The first kappa shape index (κ1) is 29.7. The van der Waals surface area contributed by atoms with E-state index < -0.39 is 18.0 Å². The molecule has 0 saturated carbocycles. The third-order valence-electron chi connectivity index (χ3n) is 6.58. The summed E-state index contributed by atoms with van der Waals surface area (Å²) in [7, 11) is 0. The second kappa shape index (κ2) is 14.9. The first-order chi connectivity index (χ1) is 19.2. The van der Waals surface area contributed by atoms with E-state index in [4.69, 9.17) is 22.9 Å². The average molecular weight is 544 g/mol. The Bertz CT molecular complexity index is 1240. The smallest absolute Gasteiger partial charge is 0.312 e. The van der Waals surface area contributed by atoms with Gasteiger partial charge in [-0.05, 0) is 35.1 Å². The third-order valence-corrected chi connectivity index (χ3v) is 6.58. The topological polar surface area (TPSA) is 183 Å². The molecule has 1 atom stereocenters. The van der Waals surface area contributed by atoms with Gasteiger partial charge in [0.1, 0.15) is 6.04 Å². The van der Waals surface area contributed by atoms with Crippen LogP contribution in [0.15, 0.2) is 89.9 Å². The van der Waals surface area contributed by atoms with E-state index in [1.807, 2.05) is 84.9 Å². The first-order valence-corrected chi connectivity index (χ1v) is 13.1. The van der Waals surface area contributed by atoms with E-state index in [0.717, 1.165) is 22.3 Å². The number of carbonyl (C=O) groups is 3. The Morgan fingerprint density at radius 2 is 1.32 bits per heavy atom. The highest BCUT2D eigenvalue weighted by Crippen LogP contribution is 2.29. The SMILES string of the molecule is NC(=O)NCc1ccc(CN(C(=O)CC(c2ccccc2)c2ccccc2)[C@H](CCCN=C(N)N)C(N)=O)cc1. The van der Waals surface area contributed by atoms with Crippen molar-refractivity contribution in [1.29, 1.82) is 0 Å². The van der Waals surface area contributed by atoms with Crippen molar-refractivity contribution in [2.75, 3.05) is 6.54 Å². The third kappa shape index (κ3) is 9.16. The summed E-state index contributed by atoms with van der Waals surface area (Å²) in [5.41, 5.74) is 25.5. The fourth-order valence-corrected chi connectivity index (χ4v) is 4.56. The molecule has 0 saturated heterocycles. The lowest BCUT2D eigenvalue weighted by atomic mass is 9.88. The highest BCUT2D eigenvalue weighted by Gasteiger charge is 2.30. The van der Waals surface area contributed by atoms with E-state index in [2.05, 4.69) is 10.3 Å². The summed E-state index contributed by atoms with van der Waals surface area (Å²) in [6, 6.07) is 25.5. The number of amides is 4. The number of nitrogens with two attached hydrogens (primary N) is 4. The number of guanidine groups is 1. The predicted molar refractivity (Wildman–Crippen MR) is 156 cm³/mol. The number of rotatable bonds is 14. The van der Waals surface area contributed by atoms with E-state index in [1.165, 1.54) is 0 Å². The molecule has 0 unspecified atom stereocenters. The highest BCUT2D eigenvalue weighted by molar-refractivity contribution is 5.87. The van der Waals surface area contributed by atoms with E-state index in [0.29, 0.717) is 19.4 Å². The number of nitrogens with zero attached hydrogens (tertiary/aromatic N) is 2. The Morgan fingerprint density at radius 3 is 1.82 bits per heavy atom. The van der Waals surface area contributed by atoms with E-state index in [-0.39, 0.29) is 37.3 Å². The number of primary amides is 2. The molecular weight excluding hydrogens is 506 g/mol. The molecule has 3 aromatic rings. The molecule has 40 heavy (non-hydrogen) atoms. The van der Waals surface area contributed by atoms with Gasteiger partial charge in [0, 0.05) is 32.0 Å². The van der Waals surface area contributed by atoms with Crippen LogP contribution >= 0.6 is 0 Å². The molecule has 3 rings (SSSR count). The number of nitrogens with one attached hydrogen (secondary N) is 1. The van der Waals surface area contributed by atoms with Crippen molar-refractivity contribution in [2.45, 2.75) is 44.3 Å². The molecular formula is C30H37N7O3. The van der Waals surface area contributed by atoms with Crippen LogP contribution in [0.5, 0.6) is 0 Å². The van der Waals surface area contributed by atoms with Crippen LogP contribution in [0.4, 0.5) is 4.79 Å². The first-order valence-electron chi connectivity index (χ1n) is 13.1. The van der Waals surface area contributed by atoms with Crippen molar-refractivity contribution in [2.24, 2.45) is 27.9 Å². The summed E-state index contributed by atoms with van der Waals surface area (Å²) < 4.78 is 0. The molecule has 0 aliphatic heterocycles. The number of aliphatic imine (C=N–C) groups is 1. The van der Waals surface area contributed by atoms with Crippen molar-refractivity contribution in [1.82, 2.24) is 10.2 Å². The van der Waals surface area contributed by atoms with Crippen LogP contribution in [0.3, 0.4) is 0 Å². The molecule has 0 radical (unpaired) electrons. The minimum Gasteiger partial charge on any atom is -0.370 e. The number of benzene rings is 3. The van der Waals surface area contributed by atoms with Crippen LogP contribution in [0.2, 0.25) is 0 Å². The zero-order valence-electron chi connectivity index (χ0n) is 22.4. The maximum atomic E-state index is 14.0. The molecule has 0 fully saturated rings. The molecule has 4 amide bonds. The van der Waals surface area contributed by atoms with Gasteiger partial charge < -0.3 is 33.2 Å². The maximum absolute atomic E-state index is 14.0. The van der Waals surface area contributed by atoms with Crippen LogP contribution in [0.25, 0.3) is 0 Å². The van der Waals surface area contributed by atoms with Gasteiger partial charge in [-0.25, -0.2) is 4.79 Å². The summed E-state index contributed by atoms with van der Waals surface area (Å²) in [5.74, 6) is -1.06. The van der Waals surface area contributed by atoms with Crippen molar-refractivity contribution in [3.8, 4) is 0 Å². The van der Waals surface area contributed by atoms with Crippen molar-refractivity contribution in [3.63, 3.8) is 0 Å². The summed E-state index contributed by atoms with van der Waals surface area (Å²) in [6.45, 7) is 0.768. The lowest BCUT2D eigenvalue weighted by molar-refractivity contribution is -0.140. The fraction of sp³-hybridized carbons (Fsp3) is 0.267. The van der Waals surface area contributed by atoms with Crippen molar-refractivity contribution < 1.29 is 14.4 Å². The molecule has 0 spiro atoms. The minimum absolute atomic E-state index is 0.0389. The molecule has 210 valence electrons. The molecule has 3 aromatic carbocycles. The molecule has 0 aliphatic rings. The minimum atomic E-state index is -0.856. The van der Waals surface area contributed by atoms with E-state index in [9.17, 15) is 14.4 Å². The van der Waals surface area contributed by atoms with Gasteiger partial charge in [-0.3, -0.25) is 14.6 Å². The monoisotopic (exact) mass is 543 g/mol. The lowest BCUT2D eigenvalue weighted by Gasteiger charge is -2.32. The number of carbonyl (C=O) groups excluding carboxylic acids is 3. The largest absolute Gasteiger partial charge is 0.370 e. The van der Waals surface area contributed by atoms with Crippen molar-refractivity contribution >= 4 is 23.8 Å². The average Bonchev–Trinajstić information content (AvgIpc) is 2.95. The van der Waals surface area contributed by atoms with E-state index in [1.54, 1.807) is 4.90 Å². The van der Waals surface area contributed by atoms with Crippen LogP contribution < -0.4 is 28.3 Å². The van der Waals surface area contributed by atoms with Crippen LogP contribution in [0, 0.1) is 0 Å². The van der Waals surface area contributed by atoms with Crippen LogP contribution in [-0.4, -0.2) is 41.3 Å². The highest BCUT2D eigenvalue weighted by atomic mass is 16.2. The summed E-state index contributed by atoms with van der Waals surface area (Å²) in [6.07, 6.45) is 0.917. The number of hydrogen-bond donors (Lipinski definition) is 5. The molecule has 10 heteroatoms. The predicted octanol–water partition coefficient (Wildman–Crippen LogP) is 2.31. The van der Waals surface area contributed by atoms with Crippen LogP contribution in [0.1, 0.15) is 47.4 Å². The van der Waals surface area contributed by atoms with Gasteiger partial charge in [-0.1, -0.05) is 84.9 Å². The summed E-state index contributed by atoms with van der Waals surface area (Å²) >= 11 is 0. The Morgan fingerprint density at radius 1 is 0.775 bits per heavy atom. The summed E-state index contributed by atoms with van der Waals surface area (Å²) in [5, 5.41) is 2.55. The zero-order chi connectivity index (χ0) is 28.9. The Kier molecular flexibility index (Phi) is 11.1. The Hall–Kier alpha value is -4.86. The number of urea groups is 1. The normalized spacial score (nSPS) is 11.4. The van der Waals surface area contributed by atoms with Gasteiger partial charge in [-0.15, -0.1) is 0 Å². The molecule has 0 bridgehead atoms. The van der Waals surface area contributed by atoms with Gasteiger partial charge in [0.25, 0.3) is 0 Å². The second-order valence-electron chi connectivity index (χ2n) is 9.50. The van der Waals surface area contributed by atoms with Crippen LogP contribution in [-0.2, 0) is 22.7 Å². The molecule has 0 aliphatic carbocycles. The second-order valence-corrected chi connectivity index (χ2v) is 9.50. The quantitative estimate of drug-likeness (QED) is 0.119. The lowest BCUT2D eigenvalue weighted by Crippen LogP contribution is -2.48. The Balaban J connectivity index is 1.90. The van der Waals surface area contributed by atoms with Gasteiger partial charge in [-0.2, -0.15) is 0 Å². The Labute approximate surface area is 234 Å². The molecule has 10 nitrogen and oxygen atoms in total. The standard InChI is InChI=1S/C30H37N7O3/c31-28(39)26(12-7-17-35-29(32)33)37(20-22-15-13-21(14-16-22)19-36-30(34)40)27(38)18-25(23-8-3-1-4-9-23)24-10-5-2-6-11-24/h1-6,8-11,13-16,25-26H,7,12,17-20H2,(H2,31,39)(H4,32,33,35)(H3,34,36,40)/t26-/m1/s1. The zero-order valence-corrected chi connectivity index (χ0v) is 22.4. The van der Waals surface area contributed by atoms with Gasteiger partial charge in [0.2, 0.25) is 11.8 Å². The molecule has 0 aromatic heterocycles. The maximum Gasteiger partial charge on any atom is 0.312 e. The summed E-state index contributed by atoms with van der Waals surface area (Å²) in [4.78, 5) is 43.3. The van der Waals surface area contributed by atoms with Gasteiger partial charge >= 0.3 is 6.03 Å². The molecule has 0 heterocycles. The van der Waals surface area contributed by atoms with Crippen molar-refractivity contribution in [3.05, 3.63) is 107 Å².